The molecule has 23 heavy (non-hydrogen) atoms. The van der Waals surface area contributed by atoms with Crippen LogP contribution in [0, 0.1) is 0 Å². The van der Waals surface area contributed by atoms with Crippen LogP contribution in [0.15, 0.2) is 0 Å². The minimum atomic E-state index is -0.208. The van der Waals surface area contributed by atoms with Crippen molar-refractivity contribution in [2.75, 3.05) is 5.32 Å². The Morgan fingerprint density at radius 2 is 2.09 bits per heavy atom. The van der Waals surface area contributed by atoms with Crippen LogP contribution in [0.25, 0.3) is 11.0 Å². The van der Waals surface area contributed by atoms with Crippen molar-refractivity contribution < 1.29 is 4.79 Å². The number of aromatic amines is 2. The summed E-state index contributed by atoms with van der Waals surface area (Å²) < 4.78 is 1.72. The van der Waals surface area contributed by atoms with Gasteiger partial charge in [0.15, 0.2) is 11.3 Å². The van der Waals surface area contributed by atoms with Gasteiger partial charge >= 0.3 is 0 Å². The highest BCUT2D eigenvalue weighted by Crippen LogP contribution is 2.26. The zero-order valence-corrected chi connectivity index (χ0v) is 13.2. The molecule has 0 unspecified atom stereocenters. The number of carbonyl (C=O) groups is 1. The fourth-order valence-electron chi connectivity index (χ4n) is 3.30. The molecule has 3 N–H and O–H groups in total. The predicted octanol–water partition coefficient (Wildman–Crippen LogP) is 1.71. The first-order valence-corrected chi connectivity index (χ1v) is 7.96. The second-order valence-electron chi connectivity index (χ2n) is 5.91. The number of fused-ring (bicyclic) bond motifs is 2. The molecule has 120 valence electrons. The lowest BCUT2D eigenvalue weighted by molar-refractivity contribution is 0.102. The molecular formula is C15H19N7O. The standard InChI is InChI=1S/C15H19N7O/c1-3-9-11-13(19-20-14(11)22(2)21-9)16-15(23)12-8-6-4-5-7-10(8)17-18-12/h3-7H2,1-2H3,(H,17,18)(H2,16,19,20,23). The van der Waals surface area contributed by atoms with Crippen molar-refractivity contribution in [3.63, 3.8) is 0 Å². The summed E-state index contributed by atoms with van der Waals surface area (Å²) in [7, 11) is 1.85. The SMILES string of the molecule is CCc1nn(C)c2n[nH]c(NC(=O)c3n[nH]c4c3CCCC4)c12. The molecule has 0 saturated carbocycles. The highest BCUT2D eigenvalue weighted by molar-refractivity contribution is 6.07. The van der Waals surface area contributed by atoms with Crippen molar-refractivity contribution in [1.82, 2.24) is 30.2 Å². The van der Waals surface area contributed by atoms with E-state index in [9.17, 15) is 4.79 Å². The van der Waals surface area contributed by atoms with Gasteiger partial charge in [0.25, 0.3) is 5.91 Å². The van der Waals surface area contributed by atoms with Crippen LogP contribution >= 0.6 is 0 Å². The van der Waals surface area contributed by atoms with Crippen molar-refractivity contribution in [2.24, 2.45) is 7.05 Å². The first kappa shape index (κ1) is 14.0. The van der Waals surface area contributed by atoms with Crippen LogP contribution in [0.1, 0.15) is 47.2 Å². The van der Waals surface area contributed by atoms with Crippen LogP contribution in [0.5, 0.6) is 0 Å². The lowest BCUT2D eigenvalue weighted by Crippen LogP contribution is -2.16. The van der Waals surface area contributed by atoms with Gasteiger partial charge in [-0.1, -0.05) is 6.92 Å². The summed E-state index contributed by atoms with van der Waals surface area (Å²) in [6.07, 6.45) is 4.89. The molecule has 8 heteroatoms. The molecule has 3 aromatic heterocycles. The van der Waals surface area contributed by atoms with E-state index in [0.29, 0.717) is 11.5 Å². The summed E-state index contributed by atoms with van der Waals surface area (Å²) in [6, 6.07) is 0. The first-order valence-electron chi connectivity index (χ1n) is 7.96. The number of nitrogens with one attached hydrogen (secondary N) is 3. The normalized spacial score (nSPS) is 14.2. The fraction of sp³-hybridized carbons (Fsp3) is 0.467. The summed E-state index contributed by atoms with van der Waals surface area (Å²) in [5, 5.41) is 22.6. The Bertz CT molecular complexity index is 885. The largest absolute Gasteiger partial charge is 0.305 e. The van der Waals surface area contributed by atoms with Crippen LogP contribution in [-0.2, 0) is 26.3 Å². The first-order chi connectivity index (χ1) is 11.2. The van der Waals surface area contributed by atoms with Crippen LogP contribution in [0.2, 0.25) is 0 Å². The van der Waals surface area contributed by atoms with E-state index in [0.717, 1.165) is 60.1 Å². The minimum Gasteiger partial charge on any atom is -0.305 e. The molecule has 8 nitrogen and oxygen atoms in total. The van der Waals surface area contributed by atoms with E-state index in [1.807, 2.05) is 14.0 Å². The van der Waals surface area contributed by atoms with Gasteiger partial charge in [0, 0.05) is 18.3 Å². The average molecular weight is 313 g/mol. The third kappa shape index (κ3) is 2.13. The Balaban J connectivity index is 1.68. The Morgan fingerprint density at radius 1 is 1.26 bits per heavy atom. The lowest BCUT2D eigenvalue weighted by atomic mass is 9.96. The third-order valence-corrected chi connectivity index (χ3v) is 4.46. The van der Waals surface area contributed by atoms with Gasteiger partial charge < -0.3 is 5.32 Å². The monoisotopic (exact) mass is 313 g/mol. The molecule has 0 fully saturated rings. The fourth-order valence-corrected chi connectivity index (χ4v) is 3.30. The van der Waals surface area contributed by atoms with Gasteiger partial charge in [-0.15, -0.1) is 0 Å². The maximum atomic E-state index is 12.6. The number of rotatable bonds is 3. The summed E-state index contributed by atoms with van der Waals surface area (Å²) >= 11 is 0. The summed E-state index contributed by atoms with van der Waals surface area (Å²) in [4.78, 5) is 12.6. The maximum Gasteiger partial charge on any atom is 0.277 e. The van der Waals surface area contributed by atoms with Crippen molar-refractivity contribution in [2.45, 2.75) is 39.0 Å². The predicted molar refractivity (Wildman–Crippen MR) is 85.4 cm³/mol. The van der Waals surface area contributed by atoms with Gasteiger partial charge in [0.05, 0.1) is 11.1 Å². The number of aromatic nitrogens is 6. The minimum absolute atomic E-state index is 0.208. The van der Waals surface area contributed by atoms with Crippen LogP contribution in [-0.4, -0.2) is 36.1 Å². The third-order valence-electron chi connectivity index (χ3n) is 4.46. The molecule has 0 atom stereocenters. The quantitative estimate of drug-likeness (QED) is 0.684. The molecule has 4 rings (SSSR count). The van der Waals surface area contributed by atoms with Crippen molar-refractivity contribution in [1.29, 1.82) is 0 Å². The second-order valence-corrected chi connectivity index (χ2v) is 5.91. The number of hydrogen-bond acceptors (Lipinski definition) is 4. The molecule has 0 bridgehead atoms. The highest BCUT2D eigenvalue weighted by atomic mass is 16.2. The van der Waals surface area contributed by atoms with Crippen molar-refractivity contribution >= 4 is 22.8 Å². The molecule has 1 amide bonds. The van der Waals surface area contributed by atoms with Crippen LogP contribution in [0.3, 0.4) is 0 Å². The van der Waals surface area contributed by atoms with Crippen LogP contribution < -0.4 is 5.32 Å². The van der Waals surface area contributed by atoms with Gasteiger partial charge in [0.2, 0.25) is 0 Å². The summed E-state index contributed by atoms with van der Waals surface area (Å²) in [5.41, 5.74) is 4.28. The van der Waals surface area contributed by atoms with E-state index in [4.69, 9.17) is 0 Å². The van der Waals surface area contributed by atoms with Crippen molar-refractivity contribution in [3.8, 4) is 0 Å². The number of carbonyl (C=O) groups excluding carboxylic acids is 1. The van der Waals surface area contributed by atoms with E-state index in [-0.39, 0.29) is 5.91 Å². The molecular weight excluding hydrogens is 294 g/mol. The molecule has 3 aromatic rings. The van der Waals surface area contributed by atoms with Crippen LogP contribution in [0.4, 0.5) is 5.82 Å². The van der Waals surface area contributed by atoms with Gasteiger partial charge in [-0.05, 0) is 32.1 Å². The molecule has 1 aliphatic carbocycles. The average Bonchev–Trinajstić information content (AvgIpc) is 3.23. The van der Waals surface area contributed by atoms with Gasteiger partial charge in [-0.2, -0.15) is 15.3 Å². The molecule has 0 aliphatic heterocycles. The number of anilines is 1. The number of H-pyrrole nitrogens is 2. The Kier molecular flexibility index (Phi) is 3.17. The lowest BCUT2D eigenvalue weighted by Gasteiger charge is -2.10. The number of aryl methyl sites for hydroxylation is 3. The maximum absolute atomic E-state index is 12.6. The zero-order valence-electron chi connectivity index (χ0n) is 13.2. The molecule has 0 saturated heterocycles. The number of hydrogen-bond donors (Lipinski definition) is 3. The summed E-state index contributed by atoms with van der Waals surface area (Å²) in [5.74, 6) is 0.378. The van der Waals surface area contributed by atoms with E-state index in [1.54, 1.807) is 4.68 Å². The molecule has 0 radical (unpaired) electrons. The van der Waals surface area contributed by atoms with E-state index >= 15 is 0 Å². The smallest absolute Gasteiger partial charge is 0.277 e. The van der Waals surface area contributed by atoms with E-state index < -0.39 is 0 Å². The Labute approximate surface area is 132 Å². The molecule has 0 aromatic carbocycles. The van der Waals surface area contributed by atoms with E-state index in [2.05, 4.69) is 30.8 Å². The van der Waals surface area contributed by atoms with Gasteiger partial charge in [-0.25, -0.2) is 4.68 Å². The second kappa shape index (κ2) is 5.22. The highest BCUT2D eigenvalue weighted by Gasteiger charge is 2.23. The van der Waals surface area contributed by atoms with Crippen molar-refractivity contribution in [3.05, 3.63) is 22.6 Å². The Hall–Kier alpha value is -2.64. The summed E-state index contributed by atoms with van der Waals surface area (Å²) in [6.45, 7) is 2.03. The Morgan fingerprint density at radius 3 is 2.91 bits per heavy atom. The van der Waals surface area contributed by atoms with Gasteiger partial charge in [-0.3, -0.25) is 15.0 Å². The molecule has 0 spiro atoms. The molecule has 3 heterocycles. The zero-order chi connectivity index (χ0) is 16.0. The van der Waals surface area contributed by atoms with Gasteiger partial charge in [0.1, 0.15) is 5.82 Å². The van der Waals surface area contributed by atoms with E-state index in [1.165, 1.54) is 0 Å². The number of nitrogens with zero attached hydrogens (tertiary/aromatic N) is 4. The molecule has 1 aliphatic rings. The topological polar surface area (TPSA) is 104 Å². The number of amides is 1.